The number of aliphatic hydroxyl groups excluding tert-OH is 2. The first kappa shape index (κ1) is 64.0. The van der Waals surface area contributed by atoms with Crippen LogP contribution in [0.1, 0.15) is 264 Å². The molecular weight excluding hydrogens is 819 g/mol. The van der Waals surface area contributed by atoms with E-state index in [0.717, 1.165) is 77.0 Å². The molecule has 0 aliphatic carbocycles. The molecule has 0 bridgehead atoms. The van der Waals surface area contributed by atoms with E-state index in [9.17, 15) is 15.0 Å². The molecule has 1 amide bonds. The first-order valence-electron chi connectivity index (χ1n) is 28.6. The summed E-state index contributed by atoms with van der Waals surface area (Å²) >= 11 is 0. The lowest BCUT2D eigenvalue weighted by atomic mass is 10.0. The van der Waals surface area contributed by atoms with Gasteiger partial charge in [0.05, 0.1) is 18.8 Å². The topological polar surface area (TPSA) is 69.6 Å². The van der Waals surface area contributed by atoms with Gasteiger partial charge in [0, 0.05) is 6.42 Å². The molecule has 4 nitrogen and oxygen atoms in total. The molecule has 0 rings (SSSR count). The summed E-state index contributed by atoms with van der Waals surface area (Å²) in [5.74, 6) is -0.0660. The van der Waals surface area contributed by atoms with Gasteiger partial charge in [0.2, 0.25) is 5.91 Å². The lowest BCUT2D eigenvalue weighted by Crippen LogP contribution is -2.45. The molecule has 0 aromatic heterocycles. The molecule has 2 atom stereocenters. The minimum atomic E-state index is -0.842. The number of amides is 1. The predicted molar refractivity (Wildman–Crippen MR) is 299 cm³/mol. The van der Waals surface area contributed by atoms with Gasteiger partial charge < -0.3 is 15.5 Å². The van der Waals surface area contributed by atoms with Gasteiger partial charge in [-0.25, -0.2) is 0 Å². The highest BCUT2D eigenvalue weighted by Crippen LogP contribution is 2.16. The van der Waals surface area contributed by atoms with Crippen LogP contribution in [0.15, 0.2) is 109 Å². The molecule has 0 aliphatic heterocycles. The Labute approximate surface area is 416 Å². The van der Waals surface area contributed by atoms with Crippen LogP contribution in [0.5, 0.6) is 0 Å². The minimum absolute atomic E-state index is 0.0660. The third-order valence-corrected chi connectivity index (χ3v) is 12.5. The highest BCUT2D eigenvalue weighted by Gasteiger charge is 2.18. The molecule has 3 N–H and O–H groups in total. The number of allylic oxidation sites excluding steroid dienone is 17. The second-order valence-corrected chi connectivity index (χ2v) is 19.0. The number of rotatable bonds is 51. The Bertz CT molecular complexity index is 1280. The molecule has 2 unspecified atom stereocenters. The summed E-state index contributed by atoms with van der Waals surface area (Å²) in [6.07, 6.45) is 86.8. The van der Waals surface area contributed by atoms with Crippen molar-refractivity contribution in [2.45, 2.75) is 276 Å². The molecule has 0 heterocycles. The fraction of sp³-hybridized carbons (Fsp3) is 0.698. The van der Waals surface area contributed by atoms with Crippen LogP contribution >= 0.6 is 0 Å². The van der Waals surface area contributed by atoms with Crippen LogP contribution in [-0.2, 0) is 4.79 Å². The maximum atomic E-state index is 12.4. The van der Waals surface area contributed by atoms with Crippen LogP contribution in [0.4, 0.5) is 0 Å². The average molecular weight is 929 g/mol. The number of hydrogen-bond donors (Lipinski definition) is 3. The van der Waals surface area contributed by atoms with Gasteiger partial charge in [0.1, 0.15) is 0 Å². The van der Waals surface area contributed by atoms with E-state index in [0.29, 0.717) is 6.42 Å². The van der Waals surface area contributed by atoms with Crippen LogP contribution < -0.4 is 5.32 Å². The monoisotopic (exact) mass is 928 g/mol. The van der Waals surface area contributed by atoms with Crippen LogP contribution in [0, 0.1) is 0 Å². The third kappa shape index (κ3) is 53.9. The molecule has 0 aliphatic rings. The van der Waals surface area contributed by atoms with Crippen molar-refractivity contribution in [1.82, 2.24) is 5.32 Å². The molecule has 0 spiro atoms. The van der Waals surface area contributed by atoms with Crippen LogP contribution in [-0.4, -0.2) is 34.9 Å². The second kappa shape index (κ2) is 57.4. The van der Waals surface area contributed by atoms with E-state index in [-0.39, 0.29) is 12.5 Å². The quantitative estimate of drug-likeness (QED) is 0.0420. The average Bonchev–Trinajstić information content (AvgIpc) is 3.33. The Kier molecular flexibility index (Phi) is 54.8. The van der Waals surface area contributed by atoms with E-state index in [1.54, 1.807) is 6.08 Å². The normalized spacial score (nSPS) is 13.7. The molecule has 0 saturated heterocycles. The van der Waals surface area contributed by atoms with Gasteiger partial charge in [-0.1, -0.05) is 284 Å². The first-order valence-corrected chi connectivity index (χ1v) is 28.6. The first-order chi connectivity index (χ1) is 33.2. The molecule has 0 radical (unpaired) electrons. The maximum absolute atomic E-state index is 12.4. The number of aliphatic hydroxyl groups is 2. The zero-order valence-electron chi connectivity index (χ0n) is 44.1. The zero-order chi connectivity index (χ0) is 48.5. The Hall–Kier alpha value is -2.95. The molecule has 67 heavy (non-hydrogen) atoms. The third-order valence-electron chi connectivity index (χ3n) is 12.5. The summed E-state index contributed by atoms with van der Waals surface area (Å²) in [4.78, 5) is 12.4. The Morgan fingerprint density at radius 1 is 0.373 bits per heavy atom. The summed E-state index contributed by atoms with van der Waals surface area (Å²) in [5.41, 5.74) is 0. The van der Waals surface area contributed by atoms with E-state index in [1.807, 2.05) is 6.08 Å². The zero-order valence-corrected chi connectivity index (χ0v) is 44.1. The summed E-state index contributed by atoms with van der Waals surface area (Å²) < 4.78 is 0. The highest BCUT2D eigenvalue weighted by molar-refractivity contribution is 5.76. The van der Waals surface area contributed by atoms with E-state index in [1.165, 1.54) is 167 Å². The van der Waals surface area contributed by atoms with E-state index < -0.39 is 12.1 Å². The van der Waals surface area contributed by atoms with Crippen molar-refractivity contribution in [2.75, 3.05) is 6.61 Å². The number of nitrogens with one attached hydrogen (secondary N) is 1. The van der Waals surface area contributed by atoms with Crippen molar-refractivity contribution < 1.29 is 15.0 Å². The molecule has 4 heteroatoms. The number of carbonyl (C=O) groups is 1. The van der Waals surface area contributed by atoms with Gasteiger partial charge in [-0.05, 0) is 83.5 Å². The van der Waals surface area contributed by atoms with Crippen LogP contribution in [0.3, 0.4) is 0 Å². The van der Waals surface area contributed by atoms with Crippen molar-refractivity contribution in [3.63, 3.8) is 0 Å². The summed E-state index contributed by atoms with van der Waals surface area (Å²) in [7, 11) is 0. The molecular formula is C63H109NO3. The van der Waals surface area contributed by atoms with E-state index in [2.05, 4.69) is 116 Å². The molecule has 0 aromatic carbocycles. The lowest BCUT2D eigenvalue weighted by molar-refractivity contribution is -0.123. The number of unbranched alkanes of at least 4 members (excludes halogenated alkanes) is 28. The van der Waals surface area contributed by atoms with Crippen molar-refractivity contribution >= 4 is 5.91 Å². The summed E-state index contributed by atoms with van der Waals surface area (Å²) in [6.45, 7) is 4.19. The SMILES string of the molecule is CC/C=C\C/C=C\C/C=C\C/C=C\C/C=C\C/C=C\C/C=C\C/C=C\CCCCCCCCCCCCCCCCCCC(=O)NC(CO)C(O)/C=C/CCCCCCCCCCCCCC. The van der Waals surface area contributed by atoms with Gasteiger partial charge in [0.25, 0.3) is 0 Å². The minimum Gasteiger partial charge on any atom is -0.394 e. The smallest absolute Gasteiger partial charge is 0.220 e. The Morgan fingerprint density at radius 2 is 0.657 bits per heavy atom. The maximum Gasteiger partial charge on any atom is 0.220 e. The molecule has 0 fully saturated rings. The van der Waals surface area contributed by atoms with Crippen LogP contribution in [0.2, 0.25) is 0 Å². The van der Waals surface area contributed by atoms with Crippen LogP contribution in [0.25, 0.3) is 0 Å². The Balaban J connectivity index is 3.52. The van der Waals surface area contributed by atoms with Crippen molar-refractivity contribution in [3.8, 4) is 0 Å². The van der Waals surface area contributed by atoms with Gasteiger partial charge >= 0.3 is 0 Å². The lowest BCUT2D eigenvalue weighted by Gasteiger charge is -2.20. The summed E-state index contributed by atoms with van der Waals surface area (Å²) in [6, 6.07) is -0.626. The number of carbonyl (C=O) groups excluding carboxylic acids is 1. The highest BCUT2D eigenvalue weighted by atomic mass is 16.3. The largest absolute Gasteiger partial charge is 0.394 e. The Morgan fingerprint density at radius 3 is 0.985 bits per heavy atom. The summed E-state index contributed by atoms with van der Waals surface area (Å²) in [5, 5.41) is 23.1. The van der Waals surface area contributed by atoms with Crippen molar-refractivity contribution in [1.29, 1.82) is 0 Å². The molecule has 0 aromatic rings. The van der Waals surface area contributed by atoms with Crippen molar-refractivity contribution in [3.05, 3.63) is 109 Å². The fourth-order valence-electron chi connectivity index (χ4n) is 8.20. The molecule has 384 valence electrons. The molecule has 0 saturated carbocycles. The van der Waals surface area contributed by atoms with Gasteiger partial charge in [-0.3, -0.25) is 4.79 Å². The van der Waals surface area contributed by atoms with Crippen molar-refractivity contribution in [2.24, 2.45) is 0 Å². The van der Waals surface area contributed by atoms with E-state index >= 15 is 0 Å². The standard InChI is InChI=1S/C63H109NO3/c1-3-5-7-9-11-13-15-17-19-20-21-22-23-24-25-26-27-28-29-30-31-32-33-34-35-36-37-38-39-40-41-42-43-44-45-47-49-51-53-55-57-59-63(67)64-61(60-65)62(66)58-56-54-52-50-48-46-18-16-14-12-10-8-6-4-2/h5,7,11,13,17,19,21-22,24-25,27-28,30-31,33-34,56,58,61-62,65-66H,3-4,6,8-10,12,14-16,18,20,23,26,29,32,35-55,57,59-60H2,1-2H3,(H,64,67)/b7-5-,13-11-,19-17-,22-21-,25-24-,28-27-,31-30-,34-33-,58-56+. The van der Waals surface area contributed by atoms with Gasteiger partial charge in [-0.15, -0.1) is 0 Å². The van der Waals surface area contributed by atoms with Gasteiger partial charge in [0.15, 0.2) is 0 Å². The van der Waals surface area contributed by atoms with E-state index in [4.69, 9.17) is 0 Å². The second-order valence-electron chi connectivity index (χ2n) is 19.0. The van der Waals surface area contributed by atoms with Gasteiger partial charge in [-0.2, -0.15) is 0 Å². The fourth-order valence-corrected chi connectivity index (χ4v) is 8.20. The number of hydrogen-bond acceptors (Lipinski definition) is 3. The predicted octanol–water partition coefficient (Wildman–Crippen LogP) is 19.1.